The van der Waals surface area contributed by atoms with E-state index in [0.717, 1.165) is 0 Å². The second kappa shape index (κ2) is 8.29. The summed E-state index contributed by atoms with van der Waals surface area (Å²) in [4.78, 5) is 24.5. The number of carbonyl (C=O) groups is 2. The number of hydrogen-bond acceptors (Lipinski definition) is 4. The molecule has 1 rings (SSSR count). The van der Waals surface area contributed by atoms with Gasteiger partial charge in [0.05, 0.1) is 6.61 Å². The second-order valence-electron chi connectivity index (χ2n) is 4.17. The molecule has 0 aromatic heterocycles. The molecule has 0 aliphatic heterocycles. The molecule has 1 aromatic rings. The van der Waals surface area contributed by atoms with E-state index in [4.69, 9.17) is 14.6 Å². The van der Waals surface area contributed by atoms with Crippen molar-refractivity contribution >= 4 is 11.9 Å². The van der Waals surface area contributed by atoms with Crippen LogP contribution in [0.15, 0.2) is 30.3 Å². The van der Waals surface area contributed by atoms with E-state index < -0.39 is 18.0 Å². The molecular weight excluding hydrogens is 262 g/mol. The monoisotopic (exact) mass is 281 g/mol. The Hall–Kier alpha value is -1.92. The molecule has 6 nitrogen and oxygen atoms in total. The van der Waals surface area contributed by atoms with E-state index in [9.17, 15) is 9.59 Å². The van der Waals surface area contributed by atoms with Gasteiger partial charge in [-0.25, -0.2) is 0 Å². The Kier molecular flexibility index (Phi) is 6.69. The highest BCUT2D eigenvalue weighted by Gasteiger charge is 2.26. The van der Waals surface area contributed by atoms with Gasteiger partial charge in [-0.05, 0) is 5.56 Å². The van der Waals surface area contributed by atoms with Gasteiger partial charge in [-0.15, -0.1) is 0 Å². The number of aliphatic carboxylic acids is 1. The maximum atomic E-state index is 12.4. The minimum Gasteiger partial charge on any atom is -0.480 e. The lowest BCUT2D eigenvalue weighted by Gasteiger charge is -2.25. The minimum absolute atomic E-state index is 0.203. The molecule has 1 atom stereocenters. The van der Waals surface area contributed by atoms with Crippen LogP contribution in [0.2, 0.25) is 0 Å². The number of ether oxygens (including phenoxy) is 2. The van der Waals surface area contributed by atoms with Crippen LogP contribution < -0.4 is 0 Å². The number of benzene rings is 1. The van der Waals surface area contributed by atoms with E-state index in [2.05, 4.69) is 0 Å². The molecule has 0 radical (unpaired) electrons. The summed E-state index contributed by atoms with van der Waals surface area (Å²) in [5.41, 5.74) is 0.688. The summed E-state index contributed by atoms with van der Waals surface area (Å²) in [7, 11) is 2.92. The topological polar surface area (TPSA) is 76.1 Å². The highest BCUT2D eigenvalue weighted by Crippen LogP contribution is 2.19. The van der Waals surface area contributed by atoms with Crippen molar-refractivity contribution in [3.05, 3.63) is 35.9 Å². The first-order chi connectivity index (χ1) is 9.60. The first-order valence-electron chi connectivity index (χ1n) is 6.17. The first-order valence-corrected chi connectivity index (χ1v) is 6.17. The van der Waals surface area contributed by atoms with Crippen LogP contribution in [-0.2, 0) is 19.1 Å². The van der Waals surface area contributed by atoms with E-state index in [-0.39, 0.29) is 19.7 Å². The Morgan fingerprint density at radius 1 is 1.25 bits per heavy atom. The van der Waals surface area contributed by atoms with Crippen LogP contribution in [-0.4, -0.2) is 55.8 Å². The van der Waals surface area contributed by atoms with Crippen LogP contribution in [0.4, 0.5) is 0 Å². The number of nitrogens with zero attached hydrogens (tertiary/aromatic N) is 1. The smallest absolute Gasteiger partial charge is 0.323 e. The maximum absolute atomic E-state index is 12.4. The highest BCUT2D eigenvalue weighted by molar-refractivity contribution is 5.85. The van der Waals surface area contributed by atoms with Gasteiger partial charge in [0.1, 0.15) is 6.54 Å². The van der Waals surface area contributed by atoms with E-state index in [1.54, 1.807) is 24.3 Å². The van der Waals surface area contributed by atoms with Gasteiger partial charge in [-0.2, -0.15) is 0 Å². The zero-order chi connectivity index (χ0) is 15.0. The van der Waals surface area contributed by atoms with Crippen molar-refractivity contribution in [2.75, 3.05) is 33.9 Å². The number of methoxy groups -OCH3 is 2. The lowest BCUT2D eigenvalue weighted by molar-refractivity contribution is -0.150. The largest absolute Gasteiger partial charge is 0.480 e. The van der Waals surface area contributed by atoms with Crippen LogP contribution >= 0.6 is 0 Å². The van der Waals surface area contributed by atoms with Gasteiger partial charge < -0.3 is 19.5 Å². The van der Waals surface area contributed by atoms with Gasteiger partial charge >= 0.3 is 5.97 Å². The third kappa shape index (κ3) is 4.64. The Bertz CT molecular complexity index is 434. The number of rotatable bonds is 8. The van der Waals surface area contributed by atoms with Gasteiger partial charge in [-0.3, -0.25) is 9.59 Å². The summed E-state index contributed by atoms with van der Waals surface area (Å²) in [6.07, 6.45) is -0.813. The molecule has 0 aliphatic rings. The number of carboxylic acids is 1. The molecule has 110 valence electrons. The molecule has 0 fully saturated rings. The average molecular weight is 281 g/mol. The van der Waals surface area contributed by atoms with Gasteiger partial charge in [-0.1, -0.05) is 30.3 Å². The molecule has 1 amide bonds. The summed E-state index contributed by atoms with van der Waals surface area (Å²) in [5.74, 6) is -1.46. The van der Waals surface area contributed by atoms with Crippen molar-refractivity contribution in [1.82, 2.24) is 4.90 Å². The lowest BCUT2D eigenvalue weighted by Crippen LogP contribution is -2.41. The van der Waals surface area contributed by atoms with Crippen molar-refractivity contribution in [3.63, 3.8) is 0 Å². The summed E-state index contributed by atoms with van der Waals surface area (Å²) in [5, 5.41) is 8.88. The number of hydrogen-bond donors (Lipinski definition) is 1. The van der Waals surface area contributed by atoms with Crippen molar-refractivity contribution in [3.8, 4) is 0 Å². The van der Waals surface area contributed by atoms with Gasteiger partial charge in [0.15, 0.2) is 6.10 Å². The molecule has 20 heavy (non-hydrogen) atoms. The summed E-state index contributed by atoms with van der Waals surface area (Å²) in [6.45, 7) is 0.0907. The Morgan fingerprint density at radius 2 is 1.90 bits per heavy atom. The molecule has 0 unspecified atom stereocenters. The molecule has 0 heterocycles. The molecule has 0 saturated carbocycles. The third-order valence-electron chi connectivity index (χ3n) is 2.77. The number of amides is 1. The molecule has 0 bridgehead atoms. The fraction of sp³-hybridized carbons (Fsp3) is 0.429. The standard InChI is InChI=1S/C14H19NO5/c1-19-9-8-15(10-12(16)17)14(18)13(20-2)11-6-4-3-5-7-11/h3-7,13H,8-10H2,1-2H3,(H,16,17)/t13-/m1/s1. The maximum Gasteiger partial charge on any atom is 0.323 e. The summed E-state index contributed by atoms with van der Waals surface area (Å²) in [6, 6.07) is 8.96. The van der Waals surface area contributed by atoms with Crippen LogP contribution in [0.1, 0.15) is 11.7 Å². The minimum atomic E-state index is -1.07. The summed E-state index contributed by atoms with van der Waals surface area (Å²) < 4.78 is 10.1. The normalized spacial score (nSPS) is 11.9. The SMILES string of the molecule is COCCN(CC(=O)O)C(=O)[C@H](OC)c1ccccc1. The van der Waals surface area contributed by atoms with Crippen molar-refractivity contribution < 1.29 is 24.2 Å². The third-order valence-corrected chi connectivity index (χ3v) is 2.77. The second-order valence-corrected chi connectivity index (χ2v) is 4.17. The molecule has 6 heteroatoms. The van der Waals surface area contributed by atoms with Crippen LogP contribution in [0.5, 0.6) is 0 Å². The van der Waals surface area contributed by atoms with Gasteiger partial charge in [0, 0.05) is 20.8 Å². The van der Waals surface area contributed by atoms with Crippen molar-refractivity contribution in [2.45, 2.75) is 6.10 Å². The van der Waals surface area contributed by atoms with E-state index >= 15 is 0 Å². The zero-order valence-electron chi connectivity index (χ0n) is 11.6. The number of carbonyl (C=O) groups excluding carboxylic acids is 1. The highest BCUT2D eigenvalue weighted by atomic mass is 16.5. The predicted molar refractivity (Wildman–Crippen MR) is 72.3 cm³/mol. The molecule has 0 aliphatic carbocycles. The van der Waals surface area contributed by atoms with Gasteiger partial charge in [0.2, 0.25) is 0 Å². The summed E-state index contributed by atoms with van der Waals surface area (Å²) >= 11 is 0. The molecule has 0 spiro atoms. The first kappa shape index (κ1) is 16.1. The van der Waals surface area contributed by atoms with Crippen LogP contribution in [0, 0.1) is 0 Å². The van der Waals surface area contributed by atoms with Crippen LogP contribution in [0.3, 0.4) is 0 Å². The van der Waals surface area contributed by atoms with Crippen LogP contribution in [0.25, 0.3) is 0 Å². The lowest BCUT2D eigenvalue weighted by atomic mass is 10.1. The fourth-order valence-electron chi connectivity index (χ4n) is 1.81. The number of carboxylic acid groups (broad SMARTS) is 1. The van der Waals surface area contributed by atoms with Gasteiger partial charge in [0.25, 0.3) is 5.91 Å². The van der Waals surface area contributed by atoms with E-state index in [0.29, 0.717) is 5.56 Å². The molecule has 0 saturated heterocycles. The molecule has 1 aromatic carbocycles. The zero-order valence-corrected chi connectivity index (χ0v) is 11.6. The van der Waals surface area contributed by atoms with E-state index in [1.807, 2.05) is 6.07 Å². The van der Waals surface area contributed by atoms with E-state index in [1.165, 1.54) is 19.1 Å². The Balaban J connectivity index is 2.87. The van der Waals surface area contributed by atoms with Crippen molar-refractivity contribution in [1.29, 1.82) is 0 Å². The molecule has 1 N–H and O–H groups in total. The Morgan fingerprint density at radius 3 is 2.40 bits per heavy atom. The average Bonchev–Trinajstić information content (AvgIpc) is 2.45. The predicted octanol–water partition coefficient (Wildman–Crippen LogP) is 0.934. The fourth-order valence-corrected chi connectivity index (χ4v) is 1.81. The quantitative estimate of drug-likeness (QED) is 0.767. The Labute approximate surface area is 117 Å². The molecular formula is C14H19NO5. The van der Waals surface area contributed by atoms with Crippen molar-refractivity contribution in [2.24, 2.45) is 0 Å².